The number of hydrogen-bond acceptors (Lipinski definition) is 4. The largest absolute Gasteiger partial charge is 0.487 e. The maximum atomic E-state index is 11.4. The van der Waals surface area contributed by atoms with Crippen LogP contribution in [-0.2, 0) is 6.61 Å². The molecule has 2 rings (SSSR count). The molecule has 1 heterocycles. The van der Waals surface area contributed by atoms with E-state index in [1.807, 2.05) is 19.1 Å². The highest BCUT2D eigenvalue weighted by Crippen LogP contribution is 2.22. The Labute approximate surface area is 104 Å². The van der Waals surface area contributed by atoms with E-state index in [4.69, 9.17) is 4.74 Å². The van der Waals surface area contributed by atoms with Gasteiger partial charge < -0.3 is 4.74 Å². The second-order valence-electron chi connectivity index (χ2n) is 3.81. The fraction of sp³-hybridized carbons (Fsp3) is 0.231. The van der Waals surface area contributed by atoms with Gasteiger partial charge in [0, 0.05) is 6.20 Å². The number of rotatable bonds is 4. The average molecular weight is 247 g/mol. The molecule has 0 radical (unpaired) electrons. The van der Waals surface area contributed by atoms with Gasteiger partial charge in [-0.05, 0) is 31.5 Å². The summed E-state index contributed by atoms with van der Waals surface area (Å²) in [6.07, 6.45) is 1.77. The van der Waals surface area contributed by atoms with E-state index >= 15 is 0 Å². The second-order valence-corrected chi connectivity index (χ2v) is 4.78. The van der Waals surface area contributed by atoms with Gasteiger partial charge in [-0.25, -0.2) is 0 Å². The quantitative estimate of drug-likeness (QED) is 0.779. The van der Waals surface area contributed by atoms with Gasteiger partial charge in [0.1, 0.15) is 12.4 Å². The van der Waals surface area contributed by atoms with Gasteiger partial charge in [0.15, 0.2) is 5.78 Å². The van der Waals surface area contributed by atoms with Crippen LogP contribution in [0.25, 0.3) is 0 Å². The van der Waals surface area contributed by atoms with Gasteiger partial charge in [0.2, 0.25) is 0 Å². The summed E-state index contributed by atoms with van der Waals surface area (Å²) in [4.78, 5) is 16.5. The monoisotopic (exact) mass is 247 g/mol. The van der Waals surface area contributed by atoms with E-state index in [0.717, 1.165) is 10.4 Å². The second kappa shape index (κ2) is 5.10. The summed E-state index contributed by atoms with van der Waals surface area (Å²) in [6.45, 7) is 3.97. The van der Waals surface area contributed by atoms with E-state index in [2.05, 4.69) is 4.98 Å². The number of Topliss-reactive ketones (excluding diaryl/α,β-unsaturated/α-hetero) is 1. The Morgan fingerprint density at radius 1 is 1.47 bits per heavy atom. The maximum absolute atomic E-state index is 11.4. The lowest BCUT2D eigenvalue weighted by Crippen LogP contribution is -2.01. The number of carbonyl (C=O) groups is 1. The van der Waals surface area contributed by atoms with Crippen molar-refractivity contribution < 1.29 is 9.53 Å². The molecule has 3 nitrogen and oxygen atoms in total. The molecule has 0 aliphatic heterocycles. The molecule has 4 heteroatoms. The number of benzene rings is 1. The van der Waals surface area contributed by atoms with Crippen LogP contribution in [0.15, 0.2) is 29.9 Å². The summed E-state index contributed by atoms with van der Waals surface area (Å²) in [5, 5.41) is 0. The molecule has 88 valence electrons. The minimum absolute atomic E-state index is 0.0179. The van der Waals surface area contributed by atoms with Gasteiger partial charge in [-0.3, -0.25) is 9.78 Å². The maximum Gasteiger partial charge on any atom is 0.163 e. The SMILES string of the molecule is CC(=O)c1ccc(C)cc1OCc1cncs1. The van der Waals surface area contributed by atoms with E-state index in [9.17, 15) is 4.79 Å². The summed E-state index contributed by atoms with van der Waals surface area (Å²) in [7, 11) is 0. The van der Waals surface area contributed by atoms with Crippen molar-refractivity contribution in [2.75, 3.05) is 0 Å². The number of ketones is 1. The van der Waals surface area contributed by atoms with Gasteiger partial charge in [-0.15, -0.1) is 11.3 Å². The van der Waals surface area contributed by atoms with Crippen LogP contribution in [0.1, 0.15) is 27.7 Å². The van der Waals surface area contributed by atoms with Crippen LogP contribution < -0.4 is 4.74 Å². The van der Waals surface area contributed by atoms with Gasteiger partial charge in [-0.2, -0.15) is 0 Å². The fourth-order valence-corrected chi connectivity index (χ4v) is 2.01. The van der Waals surface area contributed by atoms with E-state index < -0.39 is 0 Å². The Morgan fingerprint density at radius 3 is 2.94 bits per heavy atom. The first kappa shape index (κ1) is 11.8. The third kappa shape index (κ3) is 2.91. The van der Waals surface area contributed by atoms with E-state index in [1.54, 1.807) is 24.7 Å². The highest BCUT2D eigenvalue weighted by molar-refractivity contribution is 7.09. The number of ether oxygens (including phenoxy) is 1. The van der Waals surface area contributed by atoms with Crippen LogP contribution in [-0.4, -0.2) is 10.8 Å². The lowest BCUT2D eigenvalue weighted by molar-refractivity contribution is 0.101. The molecule has 0 aliphatic rings. The third-order valence-electron chi connectivity index (χ3n) is 2.37. The first-order chi connectivity index (χ1) is 8.16. The molecule has 1 aromatic heterocycles. The Morgan fingerprint density at radius 2 is 2.29 bits per heavy atom. The molecule has 0 unspecified atom stereocenters. The van der Waals surface area contributed by atoms with Crippen molar-refractivity contribution in [3.8, 4) is 5.75 Å². The summed E-state index contributed by atoms with van der Waals surface area (Å²) in [5.41, 5.74) is 3.47. The number of aryl methyl sites for hydroxylation is 1. The zero-order chi connectivity index (χ0) is 12.3. The molecule has 2 aromatic rings. The number of aromatic nitrogens is 1. The van der Waals surface area contributed by atoms with Crippen LogP contribution in [0.3, 0.4) is 0 Å². The smallest absolute Gasteiger partial charge is 0.163 e. The first-order valence-corrected chi connectivity index (χ1v) is 6.16. The van der Waals surface area contributed by atoms with Gasteiger partial charge in [-0.1, -0.05) is 6.07 Å². The summed E-state index contributed by atoms with van der Waals surface area (Å²) < 4.78 is 5.67. The zero-order valence-electron chi connectivity index (χ0n) is 9.77. The van der Waals surface area contributed by atoms with Gasteiger partial charge in [0.05, 0.1) is 16.0 Å². The molecule has 0 N–H and O–H groups in total. The van der Waals surface area contributed by atoms with Gasteiger partial charge in [0.25, 0.3) is 0 Å². The van der Waals surface area contributed by atoms with Crippen LogP contribution in [0.2, 0.25) is 0 Å². The predicted octanol–water partition coefficient (Wildman–Crippen LogP) is 3.23. The molecule has 0 saturated heterocycles. The summed E-state index contributed by atoms with van der Waals surface area (Å²) >= 11 is 1.54. The van der Waals surface area contributed by atoms with Crippen LogP contribution in [0.5, 0.6) is 5.75 Å². The molecule has 1 aromatic carbocycles. The standard InChI is InChI=1S/C13H13NO2S/c1-9-3-4-12(10(2)15)13(5-9)16-7-11-6-14-8-17-11/h3-6,8H,7H2,1-2H3. The number of hydrogen-bond donors (Lipinski definition) is 0. The van der Waals surface area contributed by atoms with E-state index in [1.165, 1.54) is 11.3 Å². The van der Waals surface area contributed by atoms with Crippen molar-refractivity contribution in [2.24, 2.45) is 0 Å². The average Bonchev–Trinajstić information content (AvgIpc) is 2.78. The minimum atomic E-state index is 0.0179. The topological polar surface area (TPSA) is 39.2 Å². The van der Waals surface area contributed by atoms with Crippen molar-refractivity contribution in [2.45, 2.75) is 20.5 Å². The van der Waals surface area contributed by atoms with Crippen molar-refractivity contribution >= 4 is 17.1 Å². The van der Waals surface area contributed by atoms with Crippen molar-refractivity contribution in [1.29, 1.82) is 0 Å². The highest BCUT2D eigenvalue weighted by atomic mass is 32.1. The molecule has 17 heavy (non-hydrogen) atoms. The van der Waals surface area contributed by atoms with Crippen LogP contribution in [0.4, 0.5) is 0 Å². The molecule has 0 atom stereocenters. The normalized spacial score (nSPS) is 10.2. The minimum Gasteiger partial charge on any atom is -0.487 e. The molecular formula is C13H13NO2S. The zero-order valence-corrected chi connectivity index (χ0v) is 10.6. The molecule has 0 amide bonds. The Balaban J connectivity index is 2.19. The number of carbonyl (C=O) groups excluding carboxylic acids is 1. The van der Waals surface area contributed by atoms with Crippen LogP contribution >= 0.6 is 11.3 Å². The Kier molecular flexibility index (Phi) is 3.54. The van der Waals surface area contributed by atoms with Crippen LogP contribution in [0, 0.1) is 6.92 Å². The van der Waals surface area contributed by atoms with Crippen molar-refractivity contribution in [1.82, 2.24) is 4.98 Å². The summed E-state index contributed by atoms with van der Waals surface area (Å²) in [5.74, 6) is 0.662. The van der Waals surface area contributed by atoms with Gasteiger partial charge >= 0.3 is 0 Å². The molecule has 0 bridgehead atoms. The van der Waals surface area contributed by atoms with Crippen molar-refractivity contribution in [3.63, 3.8) is 0 Å². The molecule has 0 aliphatic carbocycles. The third-order valence-corrected chi connectivity index (χ3v) is 3.12. The van der Waals surface area contributed by atoms with E-state index in [-0.39, 0.29) is 5.78 Å². The van der Waals surface area contributed by atoms with Crippen molar-refractivity contribution in [3.05, 3.63) is 45.9 Å². The fourth-order valence-electron chi connectivity index (χ4n) is 1.50. The summed E-state index contributed by atoms with van der Waals surface area (Å²) in [6, 6.07) is 5.60. The lowest BCUT2D eigenvalue weighted by atomic mass is 10.1. The molecule has 0 spiro atoms. The number of thiazole rings is 1. The molecular weight excluding hydrogens is 234 g/mol. The Hall–Kier alpha value is -1.68. The number of nitrogens with zero attached hydrogens (tertiary/aromatic N) is 1. The molecule has 0 saturated carbocycles. The predicted molar refractivity (Wildman–Crippen MR) is 67.6 cm³/mol. The Bertz CT molecular complexity index is 520. The van der Waals surface area contributed by atoms with E-state index in [0.29, 0.717) is 17.9 Å². The first-order valence-electron chi connectivity index (χ1n) is 5.28. The lowest BCUT2D eigenvalue weighted by Gasteiger charge is -2.09. The molecule has 0 fully saturated rings. The highest BCUT2D eigenvalue weighted by Gasteiger charge is 2.09.